The maximum atomic E-state index is 12.9. The van der Waals surface area contributed by atoms with Gasteiger partial charge in [0.05, 0.1) is 19.9 Å². The van der Waals surface area contributed by atoms with Crippen LogP contribution >= 0.6 is 0 Å². The summed E-state index contributed by atoms with van der Waals surface area (Å²) in [5.74, 6) is 1.26. The normalized spacial score (nSPS) is 12.4. The third-order valence-corrected chi connectivity index (χ3v) is 5.84. The van der Waals surface area contributed by atoms with Gasteiger partial charge in [0.1, 0.15) is 4.90 Å². The van der Waals surface area contributed by atoms with E-state index in [1.165, 1.54) is 0 Å². The first kappa shape index (κ1) is 22.2. The third-order valence-electron chi connectivity index (χ3n) is 4.38. The molecule has 0 atom stereocenters. The first-order valence-corrected chi connectivity index (χ1v) is 10.8. The van der Waals surface area contributed by atoms with Gasteiger partial charge in [-0.25, -0.2) is 13.1 Å². The molecule has 7 nitrogen and oxygen atoms in total. The number of hydrogen-bond acceptors (Lipinski definition) is 5. The molecule has 2 rings (SSSR count). The number of aromatic nitrogens is 2. The van der Waals surface area contributed by atoms with Crippen molar-refractivity contribution in [1.29, 1.82) is 0 Å². The van der Waals surface area contributed by atoms with Crippen molar-refractivity contribution in [3.8, 4) is 11.5 Å². The highest BCUT2D eigenvalue weighted by atomic mass is 32.2. The molecule has 156 valence electrons. The number of nitrogens with zero attached hydrogens (tertiary/aromatic N) is 2. The van der Waals surface area contributed by atoms with Gasteiger partial charge in [0.25, 0.3) is 0 Å². The molecule has 28 heavy (non-hydrogen) atoms. The van der Waals surface area contributed by atoms with Crippen LogP contribution in [0.25, 0.3) is 0 Å². The van der Waals surface area contributed by atoms with E-state index < -0.39 is 10.0 Å². The lowest BCUT2D eigenvalue weighted by atomic mass is 9.92. The van der Waals surface area contributed by atoms with Gasteiger partial charge in [0.2, 0.25) is 10.0 Å². The number of methoxy groups -OCH3 is 2. The highest BCUT2D eigenvalue weighted by molar-refractivity contribution is 7.89. The Morgan fingerprint density at radius 2 is 1.79 bits per heavy atom. The largest absolute Gasteiger partial charge is 0.493 e. The van der Waals surface area contributed by atoms with Gasteiger partial charge in [0, 0.05) is 24.2 Å². The molecule has 0 amide bonds. The molecule has 0 aliphatic heterocycles. The third kappa shape index (κ3) is 5.05. The van der Waals surface area contributed by atoms with Crippen LogP contribution in [0.3, 0.4) is 0 Å². The topological polar surface area (TPSA) is 82.5 Å². The molecule has 0 saturated carbocycles. The molecule has 0 fully saturated rings. The average molecular weight is 410 g/mol. The second-order valence-corrected chi connectivity index (χ2v) is 9.74. The summed E-state index contributed by atoms with van der Waals surface area (Å²) in [7, 11) is -0.521. The highest BCUT2D eigenvalue weighted by Crippen LogP contribution is 2.29. The van der Waals surface area contributed by atoms with Crippen molar-refractivity contribution in [3.05, 3.63) is 35.7 Å². The van der Waals surface area contributed by atoms with Gasteiger partial charge in [-0.05, 0) is 38.0 Å². The molecule has 0 bridgehead atoms. The van der Waals surface area contributed by atoms with E-state index in [1.807, 2.05) is 52.8 Å². The molecule has 1 N–H and O–H groups in total. The van der Waals surface area contributed by atoms with Crippen molar-refractivity contribution in [2.24, 2.45) is 0 Å². The lowest BCUT2D eigenvalue weighted by Gasteiger charge is -2.17. The quantitative estimate of drug-likeness (QED) is 0.723. The minimum Gasteiger partial charge on any atom is -0.493 e. The smallest absolute Gasteiger partial charge is 0.244 e. The first-order chi connectivity index (χ1) is 13.0. The van der Waals surface area contributed by atoms with Gasteiger partial charge in [-0.15, -0.1) is 0 Å². The first-order valence-electron chi connectivity index (χ1n) is 9.29. The zero-order valence-corrected chi connectivity index (χ0v) is 18.6. The van der Waals surface area contributed by atoms with Crippen molar-refractivity contribution in [1.82, 2.24) is 14.5 Å². The predicted molar refractivity (Wildman–Crippen MR) is 110 cm³/mol. The van der Waals surface area contributed by atoms with Crippen molar-refractivity contribution in [2.45, 2.75) is 57.4 Å². The predicted octanol–water partition coefficient (Wildman–Crippen LogP) is 3.30. The zero-order chi connectivity index (χ0) is 21.1. The van der Waals surface area contributed by atoms with Crippen LogP contribution in [0.15, 0.2) is 29.3 Å². The van der Waals surface area contributed by atoms with Gasteiger partial charge in [-0.1, -0.05) is 26.8 Å². The van der Waals surface area contributed by atoms with Crippen LogP contribution in [0.4, 0.5) is 0 Å². The highest BCUT2D eigenvalue weighted by Gasteiger charge is 2.30. The Morgan fingerprint density at radius 3 is 2.32 bits per heavy atom. The second kappa shape index (κ2) is 8.53. The van der Waals surface area contributed by atoms with E-state index in [9.17, 15) is 8.42 Å². The fourth-order valence-corrected chi connectivity index (χ4v) is 4.17. The van der Waals surface area contributed by atoms with E-state index in [2.05, 4.69) is 9.82 Å². The maximum Gasteiger partial charge on any atom is 0.244 e. The molecule has 0 saturated heterocycles. The van der Waals surface area contributed by atoms with Crippen LogP contribution < -0.4 is 14.2 Å². The van der Waals surface area contributed by atoms with Crippen molar-refractivity contribution < 1.29 is 17.9 Å². The maximum absolute atomic E-state index is 12.9. The lowest BCUT2D eigenvalue weighted by Crippen LogP contribution is -2.28. The summed E-state index contributed by atoms with van der Waals surface area (Å²) in [5.41, 5.74) is 1.14. The van der Waals surface area contributed by atoms with Crippen molar-refractivity contribution in [3.63, 3.8) is 0 Å². The fraction of sp³-hybridized carbons (Fsp3) is 0.550. The summed E-state index contributed by atoms with van der Waals surface area (Å²) in [6.45, 7) is 10.1. The molecule has 1 aromatic carbocycles. The summed E-state index contributed by atoms with van der Waals surface area (Å²) in [6.07, 6.45) is 2.15. The van der Waals surface area contributed by atoms with Gasteiger partial charge in [0.15, 0.2) is 11.5 Å². The summed E-state index contributed by atoms with van der Waals surface area (Å²) in [5, 5.41) is 4.52. The molecular weight excluding hydrogens is 378 g/mol. The molecular formula is C20H31N3O4S. The van der Waals surface area contributed by atoms with Crippen LogP contribution in [0.5, 0.6) is 11.5 Å². The Balaban J connectivity index is 2.19. The van der Waals surface area contributed by atoms with E-state index >= 15 is 0 Å². The van der Waals surface area contributed by atoms with E-state index in [0.29, 0.717) is 23.6 Å². The van der Waals surface area contributed by atoms with Crippen LogP contribution in [-0.2, 0) is 21.9 Å². The zero-order valence-electron chi connectivity index (χ0n) is 17.7. The van der Waals surface area contributed by atoms with E-state index in [1.54, 1.807) is 25.1 Å². The van der Waals surface area contributed by atoms with Crippen molar-refractivity contribution in [2.75, 3.05) is 20.8 Å². The van der Waals surface area contributed by atoms with Gasteiger partial charge in [-0.3, -0.25) is 4.68 Å². The number of nitrogens with one attached hydrogen (secondary N) is 1. The monoisotopic (exact) mass is 409 g/mol. The molecule has 1 heterocycles. The van der Waals surface area contributed by atoms with E-state index in [4.69, 9.17) is 9.47 Å². The molecule has 0 aliphatic rings. The van der Waals surface area contributed by atoms with Crippen LogP contribution in [0.2, 0.25) is 0 Å². The number of ether oxygens (including phenoxy) is 2. The minimum atomic E-state index is -3.67. The van der Waals surface area contributed by atoms with E-state index in [-0.39, 0.29) is 22.9 Å². The Labute approximate surface area is 168 Å². The van der Waals surface area contributed by atoms with Crippen LogP contribution in [-0.4, -0.2) is 39.0 Å². The Bertz CT molecular complexity index is 912. The minimum absolute atomic E-state index is 0.0804. The fourth-order valence-electron chi connectivity index (χ4n) is 2.80. The SMILES string of the molecule is COc1ccc(CCNS(=O)(=O)c2cn(C(C)C)nc2C(C)(C)C)cc1OC. The lowest BCUT2D eigenvalue weighted by molar-refractivity contribution is 0.354. The molecule has 0 radical (unpaired) electrons. The number of benzene rings is 1. The molecule has 0 unspecified atom stereocenters. The Morgan fingerprint density at radius 1 is 1.14 bits per heavy atom. The Hall–Kier alpha value is -2.06. The summed E-state index contributed by atoms with van der Waals surface area (Å²) in [4.78, 5) is 0.237. The molecule has 8 heteroatoms. The molecule has 1 aromatic heterocycles. The summed E-state index contributed by atoms with van der Waals surface area (Å²) >= 11 is 0. The molecule has 0 aliphatic carbocycles. The molecule has 2 aromatic rings. The second-order valence-electron chi connectivity index (χ2n) is 8.00. The number of sulfonamides is 1. The molecule has 0 spiro atoms. The summed E-state index contributed by atoms with van der Waals surface area (Å²) in [6, 6.07) is 5.64. The number of hydrogen-bond donors (Lipinski definition) is 1. The van der Waals surface area contributed by atoms with Crippen molar-refractivity contribution >= 4 is 10.0 Å². The Kier molecular flexibility index (Phi) is 6.77. The average Bonchev–Trinajstić information content (AvgIpc) is 3.08. The van der Waals surface area contributed by atoms with Gasteiger partial charge < -0.3 is 9.47 Å². The van der Waals surface area contributed by atoms with Gasteiger partial charge in [-0.2, -0.15) is 5.10 Å². The summed E-state index contributed by atoms with van der Waals surface area (Å²) < 4.78 is 40.8. The number of rotatable bonds is 8. The van der Waals surface area contributed by atoms with Crippen LogP contribution in [0, 0.1) is 0 Å². The van der Waals surface area contributed by atoms with Gasteiger partial charge >= 0.3 is 0 Å². The standard InChI is InChI=1S/C20H31N3O4S/c1-14(2)23-13-18(19(22-23)20(3,4)5)28(24,25)21-11-10-15-8-9-16(26-6)17(12-15)27-7/h8-9,12-14,21H,10-11H2,1-7H3. The van der Waals surface area contributed by atoms with E-state index in [0.717, 1.165) is 5.56 Å². The van der Waals surface area contributed by atoms with Crippen LogP contribution in [0.1, 0.15) is 51.9 Å².